The zero-order valence-electron chi connectivity index (χ0n) is 10.9. The van der Waals surface area contributed by atoms with E-state index in [1.807, 2.05) is 19.9 Å². The van der Waals surface area contributed by atoms with Gasteiger partial charge >= 0.3 is 0 Å². The van der Waals surface area contributed by atoms with Gasteiger partial charge in [-0.3, -0.25) is 4.79 Å². The first-order valence-electron chi connectivity index (χ1n) is 5.84. The van der Waals surface area contributed by atoms with Crippen LogP contribution in [0, 0.1) is 11.3 Å². The molecule has 0 radical (unpaired) electrons. The highest BCUT2D eigenvalue weighted by atomic mass is 16.2. The summed E-state index contributed by atoms with van der Waals surface area (Å²) in [5.41, 5.74) is 0.229. The quantitative estimate of drug-likeness (QED) is 0.764. The third-order valence-electron chi connectivity index (χ3n) is 2.63. The number of amides is 1. The summed E-state index contributed by atoms with van der Waals surface area (Å²) in [6.45, 7) is 5.41. The van der Waals surface area contributed by atoms with Crippen molar-refractivity contribution >= 4 is 11.7 Å². The van der Waals surface area contributed by atoms with Crippen molar-refractivity contribution in [1.82, 2.24) is 14.9 Å². The molecule has 0 spiro atoms. The second-order valence-corrected chi connectivity index (χ2v) is 3.76. The molecular formula is C12H17N5O. The van der Waals surface area contributed by atoms with E-state index in [4.69, 9.17) is 5.26 Å². The maximum absolute atomic E-state index is 11.9. The van der Waals surface area contributed by atoms with Gasteiger partial charge in [-0.2, -0.15) is 5.26 Å². The Morgan fingerprint density at radius 2 is 1.94 bits per heavy atom. The average Bonchev–Trinajstić information content (AvgIpc) is 2.40. The summed E-state index contributed by atoms with van der Waals surface area (Å²) in [6.07, 6.45) is 2.97. The molecule has 0 aliphatic heterocycles. The third-order valence-corrected chi connectivity index (χ3v) is 2.63. The van der Waals surface area contributed by atoms with Crippen molar-refractivity contribution in [2.45, 2.75) is 13.8 Å². The summed E-state index contributed by atoms with van der Waals surface area (Å²) >= 11 is 0. The van der Waals surface area contributed by atoms with Gasteiger partial charge in [0.15, 0.2) is 11.5 Å². The Hall–Kier alpha value is -2.16. The van der Waals surface area contributed by atoms with Gasteiger partial charge in [-0.15, -0.1) is 0 Å². The molecule has 18 heavy (non-hydrogen) atoms. The fourth-order valence-electron chi connectivity index (χ4n) is 1.64. The molecule has 0 aromatic carbocycles. The number of rotatable bonds is 5. The Balaban J connectivity index is 2.80. The zero-order chi connectivity index (χ0) is 13.5. The Morgan fingerprint density at radius 1 is 1.33 bits per heavy atom. The molecule has 0 atom stereocenters. The average molecular weight is 247 g/mol. The standard InChI is InChI=1S/C12H17N5O/c1-4-17(5-2)11(18)9-16(3)12-10(8-13)14-6-7-15-12/h6-7H,4-5,9H2,1-3H3. The topological polar surface area (TPSA) is 73.1 Å². The molecular weight excluding hydrogens is 230 g/mol. The van der Waals surface area contributed by atoms with Crippen LogP contribution in [-0.4, -0.2) is 47.5 Å². The fourth-order valence-corrected chi connectivity index (χ4v) is 1.64. The number of nitrogens with zero attached hydrogens (tertiary/aromatic N) is 5. The van der Waals surface area contributed by atoms with Gasteiger partial charge in [-0.25, -0.2) is 9.97 Å². The van der Waals surface area contributed by atoms with Gasteiger partial charge in [0.05, 0.1) is 6.54 Å². The normalized spacial score (nSPS) is 9.67. The third kappa shape index (κ3) is 3.17. The molecule has 0 aliphatic carbocycles. The SMILES string of the molecule is CCN(CC)C(=O)CN(C)c1nccnc1C#N. The molecule has 1 rings (SSSR count). The molecule has 96 valence electrons. The van der Waals surface area contributed by atoms with Crippen LogP contribution in [0.2, 0.25) is 0 Å². The molecule has 1 aromatic rings. The largest absolute Gasteiger partial charge is 0.348 e. The van der Waals surface area contributed by atoms with E-state index >= 15 is 0 Å². The van der Waals surface area contributed by atoms with Crippen LogP contribution >= 0.6 is 0 Å². The predicted molar refractivity (Wildman–Crippen MR) is 67.9 cm³/mol. The molecule has 0 unspecified atom stereocenters. The molecule has 0 bridgehead atoms. The number of carbonyl (C=O) groups excluding carboxylic acids is 1. The summed E-state index contributed by atoms with van der Waals surface area (Å²) in [5, 5.41) is 8.93. The van der Waals surface area contributed by atoms with Crippen molar-refractivity contribution in [3.05, 3.63) is 18.1 Å². The van der Waals surface area contributed by atoms with E-state index in [9.17, 15) is 4.79 Å². The van der Waals surface area contributed by atoms with Crippen LogP contribution in [0.5, 0.6) is 0 Å². The van der Waals surface area contributed by atoms with Crippen LogP contribution in [0.15, 0.2) is 12.4 Å². The summed E-state index contributed by atoms with van der Waals surface area (Å²) in [6, 6.07) is 1.97. The van der Waals surface area contributed by atoms with E-state index in [0.717, 1.165) is 0 Å². The van der Waals surface area contributed by atoms with E-state index in [1.54, 1.807) is 16.8 Å². The van der Waals surface area contributed by atoms with Crippen molar-refractivity contribution in [3.8, 4) is 6.07 Å². The van der Waals surface area contributed by atoms with Crippen molar-refractivity contribution < 1.29 is 4.79 Å². The van der Waals surface area contributed by atoms with E-state index in [0.29, 0.717) is 18.9 Å². The molecule has 0 fully saturated rings. The Bertz CT molecular complexity index is 450. The number of hydrogen-bond acceptors (Lipinski definition) is 5. The highest BCUT2D eigenvalue weighted by Crippen LogP contribution is 2.11. The van der Waals surface area contributed by atoms with Crippen LogP contribution < -0.4 is 4.90 Å². The summed E-state index contributed by atoms with van der Waals surface area (Å²) in [7, 11) is 1.73. The van der Waals surface area contributed by atoms with E-state index in [-0.39, 0.29) is 18.1 Å². The number of nitriles is 1. The van der Waals surface area contributed by atoms with E-state index < -0.39 is 0 Å². The first-order chi connectivity index (χ1) is 8.63. The van der Waals surface area contributed by atoms with E-state index in [2.05, 4.69) is 9.97 Å². The number of hydrogen-bond donors (Lipinski definition) is 0. The van der Waals surface area contributed by atoms with Crippen molar-refractivity contribution in [3.63, 3.8) is 0 Å². The van der Waals surface area contributed by atoms with Gasteiger partial charge in [-0.1, -0.05) is 0 Å². The summed E-state index contributed by atoms with van der Waals surface area (Å²) in [4.78, 5) is 23.3. The highest BCUT2D eigenvalue weighted by Gasteiger charge is 2.16. The molecule has 6 nitrogen and oxygen atoms in total. The van der Waals surface area contributed by atoms with Gasteiger partial charge in [0.1, 0.15) is 6.07 Å². The monoisotopic (exact) mass is 247 g/mol. The Morgan fingerprint density at radius 3 is 2.50 bits per heavy atom. The number of likely N-dealkylation sites (N-methyl/N-ethyl adjacent to an activating group) is 2. The van der Waals surface area contributed by atoms with Crippen LogP contribution in [0.1, 0.15) is 19.5 Å². The van der Waals surface area contributed by atoms with Gasteiger partial charge in [0, 0.05) is 32.5 Å². The molecule has 0 N–H and O–H groups in total. The van der Waals surface area contributed by atoms with Crippen molar-refractivity contribution in [1.29, 1.82) is 5.26 Å². The molecule has 0 saturated heterocycles. The molecule has 0 saturated carbocycles. The molecule has 1 aromatic heterocycles. The lowest BCUT2D eigenvalue weighted by molar-refractivity contribution is -0.129. The first-order valence-corrected chi connectivity index (χ1v) is 5.84. The van der Waals surface area contributed by atoms with Crippen LogP contribution in [0.4, 0.5) is 5.82 Å². The van der Waals surface area contributed by atoms with Crippen LogP contribution in [0.25, 0.3) is 0 Å². The molecule has 1 heterocycles. The molecule has 1 amide bonds. The lowest BCUT2D eigenvalue weighted by Crippen LogP contribution is -2.39. The minimum atomic E-state index is 0.0112. The van der Waals surface area contributed by atoms with Crippen LogP contribution in [-0.2, 0) is 4.79 Å². The lowest BCUT2D eigenvalue weighted by Gasteiger charge is -2.23. The number of anilines is 1. The van der Waals surface area contributed by atoms with Crippen molar-refractivity contribution in [2.24, 2.45) is 0 Å². The second-order valence-electron chi connectivity index (χ2n) is 3.76. The zero-order valence-corrected chi connectivity index (χ0v) is 10.9. The van der Waals surface area contributed by atoms with Crippen LogP contribution in [0.3, 0.4) is 0 Å². The summed E-state index contributed by atoms with van der Waals surface area (Å²) in [5.74, 6) is 0.442. The van der Waals surface area contributed by atoms with Gasteiger partial charge in [-0.05, 0) is 13.8 Å². The minimum Gasteiger partial charge on any atom is -0.348 e. The maximum Gasteiger partial charge on any atom is 0.242 e. The van der Waals surface area contributed by atoms with Gasteiger partial charge in [0.2, 0.25) is 5.91 Å². The van der Waals surface area contributed by atoms with E-state index in [1.165, 1.54) is 12.4 Å². The smallest absolute Gasteiger partial charge is 0.242 e. The predicted octanol–water partition coefficient (Wildman–Crippen LogP) is 0.653. The minimum absolute atomic E-state index is 0.0112. The number of aromatic nitrogens is 2. The fraction of sp³-hybridized carbons (Fsp3) is 0.500. The van der Waals surface area contributed by atoms with Gasteiger partial charge < -0.3 is 9.80 Å². The van der Waals surface area contributed by atoms with Crippen molar-refractivity contribution in [2.75, 3.05) is 31.6 Å². The lowest BCUT2D eigenvalue weighted by atomic mass is 10.3. The molecule has 6 heteroatoms. The highest BCUT2D eigenvalue weighted by molar-refractivity contribution is 5.81. The molecule has 0 aliphatic rings. The number of carbonyl (C=O) groups is 1. The maximum atomic E-state index is 11.9. The second kappa shape index (κ2) is 6.55. The first kappa shape index (κ1) is 13.9. The Labute approximate surface area is 107 Å². The Kier molecular flexibility index (Phi) is 5.06. The van der Waals surface area contributed by atoms with Gasteiger partial charge in [0.25, 0.3) is 0 Å². The summed E-state index contributed by atoms with van der Waals surface area (Å²) < 4.78 is 0.